The second-order valence-electron chi connectivity index (χ2n) is 5.67. The molecule has 1 aliphatic heterocycles. The predicted octanol–water partition coefficient (Wildman–Crippen LogP) is 1.94. The lowest BCUT2D eigenvalue weighted by atomic mass is 9.79. The number of rotatable bonds is 2. The molecule has 1 aromatic carbocycles. The average molecular weight is 262 g/mol. The lowest BCUT2D eigenvalue weighted by Crippen LogP contribution is -2.40. The van der Waals surface area contributed by atoms with E-state index in [9.17, 15) is 9.18 Å². The van der Waals surface area contributed by atoms with Gasteiger partial charge in [0.15, 0.2) is 0 Å². The maximum absolute atomic E-state index is 13.1. The first kappa shape index (κ1) is 12.6. The van der Waals surface area contributed by atoms with Gasteiger partial charge in [-0.15, -0.1) is 0 Å². The average Bonchev–Trinajstić information content (AvgIpc) is 2.86. The topological polar surface area (TPSA) is 41.1 Å². The fraction of sp³-hybridized carbons (Fsp3) is 0.533. The molecule has 2 N–H and O–H groups in total. The first-order valence-corrected chi connectivity index (χ1v) is 6.99. The van der Waals surface area contributed by atoms with Crippen molar-refractivity contribution in [2.45, 2.75) is 25.3 Å². The minimum Gasteiger partial charge on any atom is -0.349 e. The van der Waals surface area contributed by atoms with Gasteiger partial charge in [0, 0.05) is 11.6 Å². The molecule has 3 rings (SSSR count). The minimum absolute atomic E-state index is 0.158. The maximum atomic E-state index is 13.1. The Morgan fingerprint density at radius 1 is 1.26 bits per heavy atom. The van der Waals surface area contributed by atoms with E-state index in [2.05, 4.69) is 10.6 Å². The van der Waals surface area contributed by atoms with E-state index in [1.807, 2.05) is 0 Å². The Labute approximate surface area is 112 Å². The molecule has 1 unspecified atom stereocenters. The van der Waals surface area contributed by atoms with Crippen LogP contribution in [0.25, 0.3) is 0 Å². The highest BCUT2D eigenvalue weighted by atomic mass is 19.1. The number of hydrogen-bond donors (Lipinski definition) is 2. The molecule has 2 fully saturated rings. The normalized spacial score (nSPS) is 29.8. The molecule has 3 nitrogen and oxygen atoms in total. The van der Waals surface area contributed by atoms with Crippen molar-refractivity contribution >= 4 is 5.91 Å². The Morgan fingerprint density at radius 3 is 2.95 bits per heavy atom. The van der Waals surface area contributed by atoms with E-state index in [0.717, 1.165) is 31.8 Å². The predicted molar refractivity (Wildman–Crippen MR) is 71.4 cm³/mol. The standard InChI is InChI=1S/C15H19FN2O/c16-13-3-1-2-10(6-13)15(19)18-14-5-4-11-8-17-9-12(11)7-14/h1-3,6,11-12,14,17H,4-5,7-9H2,(H,18,19)/t11-,12+,14?/m0/s1. The molecule has 102 valence electrons. The molecule has 0 spiro atoms. The number of fused-ring (bicyclic) bond motifs is 1. The number of carbonyl (C=O) groups is 1. The molecule has 1 saturated carbocycles. The molecule has 1 aliphatic carbocycles. The number of nitrogens with one attached hydrogen (secondary N) is 2. The first-order valence-electron chi connectivity index (χ1n) is 6.99. The summed E-state index contributed by atoms with van der Waals surface area (Å²) in [5, 5.41) is 6.46. The molecule has 0 radical (unpaired) electrons. The summed E-state index contributed by atoms with van der Waals surface area (Å²) in [5.41, 5.74) is 0.409. The summed E-state index contributed by atoms with van der Waals surface area (Å²) in [4.78, 5) is 12.1. The highest BCUT2D eigenvalue weighted by Gasteiger charge is 2.34. The quantitative estimate of drug-likeness (QED) is 0.855. The molecular formula is C15H19FN2O. The van der Waals surface area contributed by atoms with Gasteiger partial charge in [-0.1, -0.05) is 6.07 Å². The molecule has 4 heteroatoms. The van der Waals surface area contributed by atoms with Crippen molar-refractivity contribution < 1.29 is 9.18 Å². The van der Waals surface area contributed by atoms with Gasteiger partial charge < -0.3 is 10.6 Å². The van der Waals surface area contributed by atoms with Crippen LogP contribution in [0.1, 0.15) is 29.6 Å². The molecule has 19 heavy (non-hydrogen) atoms. The monoisotopic (exact) mass is 262 g/mol. The van der Waals surface area contributed by atoms with Crippen LogP contribution in [-0.2, 0) is 0 Å². The van der Waals surface area contributed by atoms with Crippen LogP contribution in [0.15, 0.2) is 24.3 Å². The molecule has 1 aromatic rings. The van der Waals surface area contributed by atoms with E-state index >= 15 is 0 Å². The second kappa shape index (κ2) is 5.29. The van der Waals surface area contributed by atoms with Crippen molar-refractivity contribution in [3.05, 3.63) is 35.6 Å². The summed E-state index contributed by atoms with van der Waals surface area (Å²) in [6.45, 7) is 2.19. The highest BCUT2D eigenvalue weighted by Crippen LogP contribution is 2.32. The summed E-state index contributed by atoms with van der Waals surface area (Å²) in [5.74, 6) is 0.944. The van der Waals surface area contributed by atoms with E-state index in [4.69, 9.17) is 0 Å². The van der Waals surface area contributed by atoms with Crippen LogP contribution in [0.4, 0.5) is 4.39 Å². The van der Waals surface area contributed by atoms with Crippen LogP contribution in [0, 0.1) is 17.7 Å². The number of benzene rings is 1. The lowest BCUT2D eigenvalue weighted by molar-refractivity contribution is 0.0913. The van der Waals surface area contributed by atoms with Crippen molar-refractivity contribution in [1.82, 2.24) is 10.6 Å². The van der Waals surface area contributed by atoms with E-state index in [1.165, 1.54) is 18.6 Å². The Bertz CT molecular complexity index is 477. The molecule has 1 heterocycles. The zero-order valence-electron chi connectivity index (χ0n) is 10.9. The molecule has 0 aromatic heterocycles. The van der Waals surface area contributed by atoms with Gasteiger partial charge in [-0.25, -0.2) is 4.39 Å². The smallest absolute Gasteiger partial charge is 0.251 e. The zero-order valence-corrected chi connectivity index (χ0v) is 10.9. The molecular weight excluding hydrogens is 243 g/mol. The van der Waals surface area contributed by atoms with Crippen molar-refractivity contribution in [3.63, 3.8) is 0 Å². The van der Waals surface area contributed by atoms with Gasteiger partial charge in [0.2, 0.25) is 0 Å². The largest absolute Gasteiger partial charge is 0.349 e. The lowest BCUT2D eigenvalue weighted by Gasteiger charge is -2.31. The van der Waals surface area contributed by atoms with Gasteiger partial charge >= 0.3 is 0 Å². The number of halogens is 1. The van der Waals surface area contributed by atoms with Crippen LogP contribution < -0.4 is 10.6 Å². The zero-order chi connectivity index (χ0) is 13.2. The van der Waals surface area contributed by atoms with Crippen LogP contribution in [-0.4, -0.2) is 25.0 Å². The molecule has 1 saturated heterocycles. The number of carbonyl (C=O) groups excluding carboxylic acids is 1. The summed E-state index contributed by atoms with van der Waals surface area (Å²) in [7, 11) is 0. The molecule has 2 aliphatic rings. The van der Waals surface area contributed by atoms with Crippen LogP contribution in [0.2, 0.25) is 0 Å². The van der Waals surface area contributed by atoms with Crippen LogP contribution in [0.3, 0.4) is 0 Å². The van der Waals surface area contributed by atoms with E-state index < -0.39 is 0 Å². The molecule has 0 bridgehead atoms. The third-order valence-electron chi connectivity index (χ3n) is 4.37. The van der Waals surface area contributed by atoms with Crippen molar-refractivity contribution in [2.75, 3.05) is 13.1 Å². The summed E-state index contributed by atoms with van der Waals surface area (Å²) in [6, 6.07) is 6.10. The minimum atomic E-state index is -0.364. The third-order valence-corrected chi connectivity index (χ3v) is 4.37. The third kappa shape index (κ3) is 2.78. The summed E-state index contributed by atoms with van der Waals surface area (Å²) < 4.78 is 13.1. The fourth-order valence-corrected chi connectivity index (χ4v) is 3.33. The van der Waals surface area contributed by atoms with Gasteiger partial charge in [0.25, 0.3) is 5.91 Å². The SMILES string of the molecule is O=C(NC1CC[C@H]2CNC[C@H]2C1)c1cccc(F)c1. The van der Waals surface area contributed by atoms with Crippen molar-refractivity contribution in [1.29, 1.82) is 0 Å². The van der Waals surface area contributed by atoms with Crippen LogP contribution in [0.5, 0.6) is 0 Å². The van der Waals surface area contributed by atoms with Gasteiger partial charge in [0.05, 0.1) is 0 Å². The van der Waals surface area contributed by atoms with Crippen molar-refractivity contribution in [3.8, 4) is 0 Å². The number of hydrogen-bond acceptors (Lipinski definition) is 2. The summed E-state index contributed by atoms with van der Waals surface area (Å²) >= 11 is 0. The van der Waals surface area contributed by atoms with Gasteiger partial charge in [-0.3, -0.25) is 4.79 Å². The molecule has 1 amide bonds. The van der Waals surface area contributed by atoms with Gasteiger partial charge in [-0.05, 0) is 62.4 Å². The summed E-state index contributed by atoms with van der Waals surface area (Å²) in [6.07, 6.45) is 3.24. The van der Waals surface area contributed by atoms with Gasteiger partial charge in [-0.2, -0.15) is 0 Å². The Kier molecular flexibility index (Phi) is 3.51. The molecule has 3 atom stereocenters. The Balaban J connectivity index is 1.61. The van der Waals surface area contributed by atoms with Crippen LogP contribution >= 0.6 is 0 Å². The number of amides is 1. The first-order chi connectivity index (χ1) is 9.22. The second-order valence-corrected chi connectivity index (χ2v) is 5.67. The Morgan fingerprint density at radius 2 is 2.11 bits per heavy atom. The maximum Gasteiger partial charge on any atom is 0.251 e. The van der Waals surface area contributed by atoms with Crippen molar-refractivity contribution in [2.24, 2.45) is 11.8 Å². The fourth-order valence-electron chi connectivity index (χ4n) is 3.33. The van der Waals surface area contributed by atoms with Gasteiger partial charge in [0.1, 0.15) is 5.82 Å². The van der Waals surface area contributed by atoms with E-state index in [-0.39, 0.29) is 17.8 Å². The van der Waals surface area contributed by atoms with E-state index in [0.29, 0.717) is 11.5 Å². The Hall–Kier alpha value is -1.42. The van der Waals surface area contributed by atoms with E-state index in [1.54, 1.807) is 12.1 Å². The highest BCUT2D eigenvalue weighted by molar-refractivity contribution is 5.94.